The predicted molar refractivity (Wildman–Crippen MR) is 109 cm³/mol. The Morgan fingerprint density at radius 2 is 1.82 bits per heavy atom. The van der Waals surface area contributed by atoms with Gasteiger partial charge in [-0.2, -0.15) is 0 Å². The number of fused-ring (bicyclic) bond motifs is 1. The average molecular weight is 398 g/mol. The Bertz CT molecular complexity index is 1070. The molecule has 0 fully saturated rings. The molecule has 0 aliphatic heterocycles. The van der Waals surface area contributed by atoms with Gasteiger partial charge in [0, 0.05) is 23.4 Å². The largest absolute Gasteiger partial charge is 0.489 e. The number of ether oxygens (including phenoxy) is 1. The molecular weight excluding hydrogens is 376 g/mol. The molecular formula is C21H22N2O4S. The topological polar surface area (TPSA) is 99.3 Å². The fourth-order valence-electron chi connectivity index (χ4n) is 3.06. The van der Waals surface area contributed by atoms with Gasteiger partial charge in [-0.25, -0.2) is 8.42 Å². The molecule has 0 saturated carbocycles. The normalized spacial score (nSPS) is 12.6. The first-order chi connectivity index (χ1) is 13.3. The number of rotatable bonds is 8. The van der Waals surface area contributed by atoms with E-state index in [-0.39, 0.29) is 6.42 Å². The Hall–Kier alpha value is -2.93. The van der Waals surface area contributed by atoms with Crippen LogP contribution in [0.15, 0.2) is 60.8 Å². The number of benzene rings is 2. The molecule has 7 heteroatoms. The second-order valence-electron chi connectivity index (χ2n) is 6.68. The number of nitrogens with two attached hydrogens (primary N) is 1. The van der Waals surface area contributed by atoms with Crippen LogP contribution in [0.5, 0.6) is 5.75 Å². The number of aryl methyl sites for hydroxylation is 1. The molecule has 0 radical (unpaired) electrons. The van der Waals surface area contributed by atoms with Crippen LogP contribution >= 0.6 is 0 Å². The van der Waals surface area contributed by atoms with Gasteiger partial charge < -0.3 is 10.5 Å². The molecule has 2 aromatic carbocycles. The zero-order valence-electron chi connectivity index (χ0n) is 15.5. The summed E-state index contributed by atoms with van der Waals surface area (Å²) in [5.41, 5.74) is 8.03. The second kappa shape index (κ2) is 8.39. The Morgan fingerprint density at radius 3 is 2.50 bits per heavy atom. The van der Waals surface area contributed by atoms with Crippen LogP contribution in [-0.2, 0) is 27.7 Å². The lowest BCUT2D eigenvalue weighted by Gasteiger charge is -2.12. The van der Waals surface area contributed by atoms with Crippen molar-refractivity contribution in [3.63, 3.8) is 0 Å². The van der Waals surface area contributed by atoms with E-state index in [1.807, 2.05) is 54.6 Å². The van der Waals surface area contributed by atoms with Crippen molar-refractivity contribution < 1.29 is 17.9 Å². The van der Waals surface area contributed by atoms with Gasteiger partial charge in [0.05, 0.1) is 5.52 Å². The minimum atomic E-state index is -3.50. The smallest absolute Gasteiger partial charge is 0.235 e. The molecule has 0 saturated heterocycles. The highest BCUT2D eigenvalue weighted by Crippen LogP contribution is 2.20. The molecule has 1 unspecified atom stereocenters. The summed E-state index contributed by atoms with van der Waals surface area (Å²) in [7, 11) is -3.50. The van der Waals surface area contributed by atoms with Crippen LogP contribution < -0.4 is 10.5 Å². The lowest BCUT2D eigenvalue weighted by atomic mass is 10.1. The second-order valence-corrected chi connectivity index (χ2v) is 8.91. The molecule has 28 heavy (non-hydrogen) atoms. The number of primary amides is 1. The fourth-order valence-corrected chi connectivity index (χ4v) is 4.03. The third kappa shape index (κ3) is 4.86. The first-order valence-corrected chi connectivity index (χ1v) is 10.8. The number of hydrogen-bond acceptors (Lipinski definition) is 5. The highest BCUT2D eigenvalue weighted by atomic mass is 32.2. The van der Waals surface area contributed by atoms with E-state index in [9.17, 15) is 13.2 Å². The van der Waals surface area contributed by atoms with Crippen molar-refractivity contribution in [3.8, 4) is 5.75 Å². The standard InChI is InChI=1S/C21H22N2O4S/c1-28(25,26)19(21(22)24)12-9-15-7-10-18(11-8-15)27-14-17-5-2-4-16-6-3-13-23-20(16)17/h2-8,10-11,13,19H,9,12,14H2,1H3,(H2,22,24). The maximum Gasteiger partial charge on any atom is 0.235 e. The van der Waals surface area contributed by atoms with Gasteiger partial charge in [0.1, 0.15) is 17.6 Å². The van der Waals surface area contributed by atoms with Crippen LogP contribution in [0.25, 0.3) is 10.9 Å². The fraction of sp³-hybridized carbons (Fsp3) is 0.238. The first-order valence-electron chi connectivity index (χ1n) is 8.87. The molecule has 2 N–H and O–H groups in total. The average Bonchev–Trinajstić information content (AvgIpc) is 2.66. The summed E-state index contributed by atoms with van der Waals surface area (Å²) >= 11 is 0. The Labute approximate surface area is 164 Å². The maximum absolute atomic E-state index is 11.6. The number of para-hydroxylation sites is 1. The number of pyridine rings is 1. The number of hydrogen-bond donors (Lipinski definition) is 1. The molecule has 1 atom stereocenters. The van der Waals surface area contributed by atoms with Crippen LogP contribution in [0.3, 0.4) is 0 Å². The number of sulfone groups is 1. The van der Waals surface area contributed by atoms with E-state index in [0.717, 1.165) is 28.3 Å². The van der Waals surface area contributed by atoms with E-state index in [2.05, 4.69) is 4.98 Å². The zero-order chi connectivity index (χ0) is 20.1. The third-order valence-electron chi connectivity index (χ3n) is 4.56. The summed E-state index contributed by atoms with van der Waals surface area (Å²) in [4.78, 5) is 15.8. The van der Waals surface area contributed by atoms with Crippen molar-refractivity contribution in [1.29, 1.82) is 0 Å². The van der Waals surface area contributed by atoms with Gasteiger partial charge >= 0.3 is 0 Å². The van der Waals surface area contributed by atoms with Crippen molar-refractivity contribution >= 4 is 26.6 Å². The van der Waals surface area contributed by atoms with Gasteiger partial charge in [0.2, 0.25) is 5.91 Å². The third-order valence-corrected chi connectivity index (χ3v) is 6.06. The molecule has 3 aromatic rings. The van der Waals surface area contributed by atoms with Crippen LogP contribution in [0.2, 0.25) is 0 Å². The van der Waals surface area contributed by atoms with Crippen LogP contribution in [0, 0.1) is 0 Å². The van der Waals surface area contributed by atoms with Crippen molar-refractivity contribution in [2.75, 3.05) is 6.26 Å². The van der Waals surface area contributed by atoms with Gasteiger partial charge in [0.25, 0.3) is 0 Å². The minimum absolute atomic E-state index is 0.163. The summed E-state index contributed by atoms with van der Waals surface area (Å²) in [6.45, 7) is 0.394. The highest BCUT2D eigenvalue weighted by Gasteiger charge is 2.26. The summed E-state index contributed by atoms with van der Waals surface area (Å²) in [5, 5.41) is -0.101. The van der Waals surface area contributed by atoms with Crippen molar-refractivity contribution in [2.24, 2.45) is 5.73 Å². The van der Waals surface area contributed by atoms with Crippen molar-refractivity contribution in [3.05, 3.63) is 71.9 Å². The quantitative estimate of drug-likeness (QED) is 0.629. The summed E-state index contributed by atoms with van der Waals surface area (Å²) in [6, 6.07) is 17.3. The minimum Gasteiger partial charge on any atom is -0.489 e. The van der Waals surface area contributed by atoms with Crippen LogP contribution in [0.4, 0.5) is 0 Å². The molecule has 1 aromatic heterocycles. The van der Waals surface area contributed by atoms with Gasteiger partial charge in [-0.05, 0) is 36.6 Å². The Kier molecular flexibility index (Phi) is 5.94. The predicted octanol–water partition coefficient (Wildman–Crippen LogP) is 2.64. The zero-order valence-corrected chi connectivity index (χ0v) is 16.4. The summed E-state index contributed by atoms with van der Waals surface area (Å²) in [5.74, 6) is -0.114. The SMILES string of the molecule is CS(=O)(=O)C(CCc1ccc(OCc2cccc3cccnc23)cc1)C(N)=O. The van der Waals surface area contributed by atoms with E-state index in [1.165, 1.54) is 0 Å². The Morgan fingerprint density at radius 1 is 1.11 bits per heavy atom. The maximum atomic E-state index is 11.6. The molecule has 0 aliphatic rings. The lowest BCUT2D eigenvalue weighted by molar-refractivity contribution is -0.117. The van der Waals surface area contributed by atoms with E-state index < -0.39 is 21.0 Å². The molecule has 0 bridgehead atoms. The number of nitrogens with zero attached hydrogens (tertiary/aromatic N) is 1. The number of carbonyl (C=O) groups is 1. The molecule has 1 amide bonds. The van der Waals surface area contributed by atoms with Gasteiger partial charge in [-0.15, -0.1) is 0 Å². The van der Waals surface area contributed by atoms with E-state index in [1.54, 1.807) is 6.20 Å². The monoisotopic (exact) mass is 398 g/mol. The molecule has 0 spiro atoms. The van der Waals surface area contributed by atoms with Gasteiger partial charge in [-0.1, -0.05) is 36.4 Å². The van der Waals surface area contributed by atoms with E-state index >= 15 is 0 Å². The molecule has 1 heterocycles. The van der Waals surface area contributed by atoms with Crippen LogP contribution in [-0.4, -0.2) is 30.8 Å². The number of amides is 1. The highest BCUT2D eigenvalue weighted by molar-refractivity contribution is 7.92. The summed E-state index contributed by atoms with van der Waals surface area (Å²) < 4.78 is 29.1. The lowest BCUT2D eigenvalue weighted by Crippen LogP contribution is -2.35. The molecule has 3 rings (SSSR count). The van der Waals surface area contributed by atoms with Gasteiger partial charge in [-0.3, -0.25) is 9.78 Å². The van der Waals surface area contributed by atoms with Crippen molar-refractivity contribution in [1.82, 2.24) is 4.98 Å². The molecule has 0 aliphatic carbocycles. The van der Waals surface area contributed by atoms with E-state index in [4.69, 9.17) is 10.5 Å². The molecule has 6 nitrogen and oxygen atoms in total. The number of aromatic nitrogens is 1. The summed E-state index contributed by atoms with van der Waals surface area (Å²) in [6.07, 6.45) is 3.39. The Balaban J connectivity index is 1.62. The first kappa shape index (κ1) is 19.8. The molecule has 146 valence electrons. The van der Waals surface area contributed by atoms with E-state index in [0.29, 0.717) is 18.8 Å². The van der Waals surface area contributed by atoms with Gasteiger partial charge in [0.15, 0.2) is 9.84 Å². The van der Waals surface area contributed by atoms with Crippen molar-refractivity contribution in [2.45, 2.75) is 24.7 Å². The van der Waals surface area contributed by atoms with Crippen LogP contribution in [0.1, 0.15) is 17.5 Å². The number of carbonyl (C=O) groups excluding carboxylic acids is 1.